The number of hydrogen-bond acceptors (Lipinski definition) is 2. The second-order valence-electron chi connectivity index (χ2n) is 6.34. The minimum Gasteiger partial charge on any atom is -0.305 e. The Kier molecular flexibility index (Phi) is 6.83. The SMILES string of the molecule is CC(C)C.CC(C)c1ccc(C(=O)Nc2ccn(C)n2)cc1. The second-order valence-corrected chi connectivity index (χ2v) is 6.34. The predicted molar refractivity (Wildman–Crippen MR) is 92.2 cm³/mol. The fourth-order valence-corrected chi connectivity index (χ4v) is 1.69. The topological polar surface area (TPSA) is 46.9 Å². The molecule has 4 nitrogen and oxygen atoms in total. The quantitative estimate of drug-likeness (QED) is 0.910. The van der Waals surface area contributed by atoms with Crippen LogP contribution in [0.4, 0.5) is 5.82 Å². The number of anilines is 1. The maximum Gasteiger partial charge on any atom is 0.256 e. The first-order chi connectivity index (χ1) is 10.3. The van der Waals surface area contributed by atoms with Crippen molar-refractivity contribution in [3.8, 4) is 0 Å². The molecule has 0 fully saturated rings. The van der Waals surface area contributed by atoms with E-state index in [4.69, 9.17) is 0 Å². The number of aromatic nitrogens is 2. The molecule has 0 spiro atoms. The molecule has 0 aliphatic carbocycles. The molecule has 1 aromatic heterocycles. The molecule has 2 rings (SSSR count). The summed E-state index contributed by atoms with van der Waals surface area (Å²) in [7, 11) is 1.81. The summed E-state index contributed by atoms with van der Waals surface area (Å²) in [5.74, 6) is 1.73. The Morgan fingerprint density at radius 3 is 2.00 bits per heavy atom. The molecular formula is C18H27N3O. The van der Waals surface area contributed by atoms with Crippen LogP contribution in [0.25, 0.3) is 0 Å². The first kappa shape index (κ1) is 18.0. The van der Waals surface area contributed by atoms with E-state index >= 15 is 0 Å². The molecule has 0 bridgehead atoms. The lowest BCUT2D eigenvalue weighted by Gasteiger charge is -2.06. The van der Waals surface area contributed by atoms with Gasteiger partial charge in [0.1, 0.15) is 0 Å². The molecule has 0 unspecified atom stereocenters. The highest BCUT2D eigenvalue weighted by molar-refractivity contribution is 6.03. The van der Waals surface area contributed by atoms with Crippen molar-refractivity contribution in [2.24, 2.45) is 13.0 Å². The second kappa shape index (κ2) is 8.37. The van der Waals surface area contributed by atoms with Crippen molar-refractivity contribution in [2.75, 3.05) is 5.32 Å². The van der Waals surface area contributed by atoms with Gasteiger partial charge in [-0.05, 0) is 29.5 Å². The summed E-state index contributed by atoms with van der Waals surface area (Å²) in [6, 6.07) is 9.41. The summed E-state index contributed by atoms with van der Waals surface area (Å²) < 4.78 is 1.65. The lowest BCUT2D eigenvalue weighted by molar-refractivity contribution is 0.102. The van der Waals surface area contributed by atoms with E-state index in [0.717, 1.165) is 5.92 Å². The summed E-state index contributed by atoms with van der Waals surface area (Å²) in [5, 5.41) is 6.86. The van der Waals surface area contributed by atoms with Crippen LogP contribution in [-0.2, 0) is 7.05 Å². The number of carbonyl (C=O) groups is 1. The highest BCUT2D eigenvalue weighted by atomic mass is 16.1. The molecule has 2 aromatic rings. The van der Waals surface area contributed by atoms with E-state index in [1.807, 2.05) is 31.3 Å². The standard InChI is InChI=1S/C14H17N3O.C4H10/c1-10(2)11-4-6-12(7-5-11)14(18)15-13-8-9-17(3)16-13;1-4(2)3/h4-10H,1-3H3,(H,15,16,18);4H,1-3H3. The molecule has 1 N–H and O–H groups in total. The van der Waals surface area contributed by atoms with E-state index in [9.17, 15) is 4.79 Å². The summed E-state index contributed by atoms with van der Waals surface area (Å²) in [6.45, 7) is 10.8. The maximum absolute atomic E-state index is 11.9. The largest absolute Gasteiger partial charge is 0.305 e. The van der Waals surface area contributed by atoms with Gasteiger partial charge < -0.3 is 5.32 Å². The van der Waals surface area contributed by atoms with E-state index < -0.39 is 0 Å². The number of nitrogens with zero attached hydrogens (tertiary/aromatic N) is 2. The number of rotatable bonds is 3. The zero-order valence-corrected chi connectivity index (χ0v) is 14.4. The third-order valence-corrected chi connectivity index (χ3v) is 2.79. The van der Waals surface area contributed by atoms with Crippen LogP contribution >= 0.6 is 0 Å². The summed E-state index contributed by atoms with van der Waals surface area (Å²) >= 11 is 0. The number of amides is 1. The molecule has 0 aliphatic rings. The Bertz CT molecular complexity index is 580. The summed E-state index contributed by atoms with van der Waals surface area (Å²) in [5.41, 5.74) is 1.87. The summed E-state index contributed by atoms with van der Waals surface area (Å²) in [4.78, 5) is 11.9. The fraction of sp³-hybridized carbons (Fsp3) is 0.444. The van der Waals surface area contributed by atoms with Crippen LogP contribution in [0.5, 0.6) is 0 Å². The van der Waals surface area contributed by atoms with Crippen molar-refractivity contribution in [1.82, 2.24) is 9.78 Å². The third kappa shape index (κ3) is 6.12. The average molecular weight is 301 g/mol. The maximum atomic E-state index is 11.9. The molecule has 1 aromatic carbocycles. The highest BCUT2D eigenvalue weighted by Gasteiger charge is 2.08. The molecule has 0 aliphatic heterocycles. The van der Waals surface area contributed by atoms with Crippen LogP contribution in [0.2, 0.25) is 0 Å². The number of hydrogen-bond donors (Lipinski definition) is 1. The van der Waals surface area contributed by atoms with Gasteiger partial charge in [-0.25, -0.2) is 0 Å². The van der Waals surface area contributed by atoms with Crippen LogP contribution in [0, 0.1) is 5.92 Å². The fourth-order valence-electron chi connectivity index (χ4n) is 1.69. The van der Waals surface area contributed by atoms with Crippen molar-refractivity contribution in [3.63, 3.8) is 0 Å². The van der Waals surface area contributed by atoms with Crippen LogP contribution in [0.3, 0.4) is 0 Å². The molecule has 4 heteroatoms. The van der Waals surface area contributed by atoms with Crippen molar-refractivity contribution >= 4 is 11.7 Å². The molecule has 0 saturated heterocycles. The molecule has 1 amide bonds. The van der Waals surface area contributed by atoms with E-state index in [0.29, 0.717) is 17.3 Å². The summed E-state index contributed by atoms with van der Waals surface area (Å²) in [6.07, 6.45) is 1.79. The van der Waals surface area contributed by atoms with Gasteiger partial charge in [0.15, 0.2) is 5.82 Å². The minimum absolute atomic E-state index is 0.135. The molecule has 0 saturated carbocycles. The smallest absolute Gasteiger partial charge is 0.256 e. The number of aryl methyl sites for hydroxylation is 1. The molecule has 0 radical (unpaired) electrons. The lowest BCUT2D eigenvalue weighted by Crippen LogP contribution is -2.12. The van der Waals surface area contributed by atoms with Gasteiger partial charge >= 0.3 is 0 Å². The van der Waals surface area contributed by atoms with Crippen molar-refractivity contribution in [2.45, 2.75) is 40.5 Å². The van der Waals surface area contributed by atoms with Gasteiger partial charge in [-0.2, -0.15) is 5.10 Å². The van der Waals surface area contributed by atoms with E-state index in [1.165, 1.54) is 5.56 Å². The van der Waals surface area contributed by atoms with Gasteiger partial charge in [-0.15, -0.1) is 0 Å². The number of nitrogens with one attached hydrogen (secondary N) is 1. The Balaban J connectivity index is 0.000000541. The van der Waals surface area contributed by atoms with Crippen molar-refractivity contribution in [1.29, 1.82) is 0 Å². The van der Waals surface area contributed by atoms with E-state index in [2.05, 4.69) is 45.0 Å². The van der Waals surface area contributed by atoms with E-state index in [-0.39, 0.29) is 5.91 Å². The van der Waals surface area contributed by atoms with Gasteiger partial charge in [0.25, 0.3) is 5.91 Å². The zero-order chi connectivity index (χ0) is 16.7. The Labute approximate surface area is 133 Å². The van der Waals surface area contributed by atoms with Gasteiger partial charge in [0, 0.05) is 24.9 Å². The molecule has 0 atom stereocenters. The molecule has 1 heterocycles. The van der Waals surface area contributed by atoms with Gasteiger partial charge in [0.05, 0.1) is 0 Å². The highest BCUT2D eigenvalue weighted by Crippen LogP contribution is 2.15. The van der Waals surface area contributed by atoms with Crippen molar-refractivity contribution in [3.05, 3.63) is 47.7 Å². The minimum atomic E-state index is -0.135. The molecule has 22 heavy (non-hydrogen) atoms. The monoisotopic (exact) mass is 301 g/mol. The number of benzene rings is 1. The van der Waals surface area contributed by atoms with Gasteiger partial charge in [-0.3, -0.25) is 9.48 Å². The van der Waals surface area contributed by atoms with Crippen LogP contribution in [0.15, 0.2) is 36.5 Å². The van der Waals surface area contributed by atoms with Gasteiger partial charge in [-0.1, -0.05) is 46.8 Å². The van der Waals surface area contributed by atoms with E-state index in [1.54, 1.807) is 16.9 Å². The Hall–Kier alpha value is -2.10. The molecule has 120 valence electrons. The van der Waals surface area contributed by atoms with Gasteiger partial charge in [0.2, 0.25) is 0 Å². The third-order valence-electron chi connectivity index (χ3n) is 2.79. The Morgan fingerprint density at radius 2 is 1.59 bits per heavy atom. The molecular weight excluding hydrogens is 274 g/mol. The first-order valence-electron chi connectivity index (χ1n) is 7.70. The predicted octanol–water partition coefficient (Wildman–Crippen LogP) is 4.46. The van der Waals surface area contributed by atoms with Crippen LogP contribution in [0.1, 0.15) is 56.5 Å². The van der Waals surface area contributed by atoms with Crippen LogP contribution in [-0.4, -0.2) is 15.7 Å². The Morgan fingerprint density at radius 1 is 1.05 bits per heavy atom. The number of carbonyl (C=O) groups excluding carboxylic acids is 1. The van der Waals surface area contributed by atoms with Crippen molar-refractivity contribution < 1.29 is 4.79 Å². The first-order valence-corrected chi connectivity index (χ1v) is 7.70. The lowest BCUT2D eigenvalue weighted by atomic mass is 10.0. The average Bonchev–Trinajstić information content (AvgIpc) is 2.83. The normalized spacial score (nSPS) is 10.4. The van der Waals surface area contributed by atoms with Crippen LogP contribution < -0.4 is 5.32 Å². The zero-order valence-electron chi connectivity index (χ0n) is 14.4.